The van der Waals surface area contributed by atoms with Crippen molar-refractivity contribution in [3.8, 4) is 11.1 Å². The lowest BCUT2D eigenvalue weighted by molar-refractivity contribution is 0.400. The number of fused-ring (bicyclic) bond motifs is 7. The maximum atomic E-state index is 2.55. The zero-order valence-corrected chi connectivity index (χ0v) is 25.7. The molecule has 2 saturated carbocycles. The van der Waals surface area contributed by atoms with Gasteiger partial charge in [-0.3, -0.25) is 0 Å². The smallest absolute Gasteiger partial charge is 0.252 e. The third kappa shape index (κ3) is 3.00. The van der Waals surface area contributed by atoms with Gasteiger partial charge in [-0.1, -0.05) is 91.0 Å². The fraction of sp³-hybridized carbons (Fsp3) is 0.163. The first kappa shape index (κ1) is 25.2. The van der Waals surface area contributed by atoms with Crippen molar-refractivity contribution >= 4 is 57.2 Å². The summed E-state index contributed by atoms with van der Waals surface area (Å²) in [5.74, 6) is 1.54. The summed E-state index contributed by atoms with van der Waals surface area (Å²) in [4.78, 5) is 5.02. The molecule has 6 aromatic rings. The summed E-state index contributed by atoms with van der Waals surface area (Å²) < 4.78 is 0. The standard InChI is InChI=1S/C43H33BN2/c1-2-11-30(12-3-1)45-38-17-8-6-15-36(38)44-37-16-7-9-18-39(37)46(41-20-10-19-40(45)42(41)44)31-25-26-35-33(27-31)32-13-4-5-14-34(32)43(35)28-21-22-29(43)24-23-28/h1-20,25-29H,21-24H2. The predicted octanol–water partition coefficient (Wildman–Crippen LogP) is 8.86. The molecule has 2 fully saturated rings. The maximum Gasteiger partial charge on any atom is 0.252 e. The van der Waals surface area contributed by atoms with E-state index < -0.39 is 0 Å². The summed E-state index contributed by atoms with van der Waals surface area (Å²) in [6.07, 6.45) is 5.49. The minimum absolute atomic E-state index is 0.169. The molecule has 0 aromatic heterocycles. The molecule has 3 aliphatic carbocycles. The summed E-state index contributed by atoms with van der Waals surface area (Å²) >= 11 is 0. The van der Waals surface area contributed by atoms with E-state index in [1.807, 2.05) is 0 Å². The Labute approximate surface area is 271 Å². The summed E-state index contributed by atoms with van der Waals surface area (Å²) in [5.41, 5.74) is 17.9. The number of benzene rings is 6. The van der Waals surface area contributed by atoms with Crippen molar-refractivity contribution in [1.82, 2.24) is 0 Å². The topological polar surface area (TPSA) is 6.48 Å². The molecule has 0 atom stereocenters. The first-order valence-corrected chi connectivity index (χ1v) is 17.0. The second-order valence-corrected chi connectivity index (χ2v) is 14.0. The van der Waals surface area contributed by atoms with Gasteiger partial charge in [0.05, 0.1) is 0 Å². The lowest BCUT2D eigenvalue weighted by Crippen LogP contribution is -2.61. The Hall–Kier alpha value is -5.02. The molecule has 218 valence electrons. The van der Waals surface area contributed by atoms with E-state index in [2.05, 4.69) is 149 Å². The van der Waals surface area contributed by atoms with Crippen LogP contribution in [0.1, 0.15) is 36.8 Å². The molecule has 11 rings (SSSR count). The Morgan fingerprint density at radius 2 is 1.00 bits per heavy atom. The fourth-order valence-corrected chi connectivity index (χ4v) is 10.7. The number of anilines is 6. The number of hydrogen-bond acceptors (Lipinski definition) is 2. The molecule has 2 heterocycles. The van der Waals surface area contributed by atoms with Gasteiger partial charge in [-0.25, -0.2) is 0 Å². The minimum atomic E-state index is 0.169. The third-order valence-corrected chi connectivity index (χ3v) is 12.2. The number of nitrogens with zero attached hydrogens (tertiary/aromatic N) is 2. The zero-order valence-electron chi connectivity index (χ0n) is 25.7. The van der Waals surface area contributed by atoms with Crippen molar-refractivity contribution in [2.75, 3.05) is 9.80 Å². The van der Waals surface area contributed by atoms with Gasteiger partial charge in [0.1, 0.15) is 0 Å². The first-order valence-electron chi connectivity index (χ1n) is 17.0. The van der Waals surface area contributed by atoms with Crippen molar-refractivity contribution in [1.29, 1.82) is 0 Å². The van der Waals surface area contributed by atoms with Crippen LogP contribution in [-0.4, -0.2) is 6.71 Å². The van der Waals surface area contributed by atoms with Crippen molar-refractivity contribution in [3.63, 3.8) is 0 Å². The van der Waals surface area contributed by atoms with E-state index >= 15 is 0 Å². The second kappa shape index (κ2) is 9.04. The van der Waals surface area contributed by atoms with Crippen LogP contribution in [0, 0.1) is 11.8 Å². The highest BCUT2D eigenvalue weighted by Gasteiger charge is 2.59. The Morgan fingerprint density at radius 1 is 0.457 bits per heavy atom. The zero-order chi connectivity index (χ0) is 30.0. The number of rotatable bonds is 2. The van der Waals surface area contributed by atoms with Crippen LogP contribution in [0.2, 0.25) is 0 Å². The van der Waals surface area contributed by atoms with Crippen LogP contribution < -0.4 is 26.2 Å². The first-order chi connectivity index (χ1) is 22.8. The van der Waals surface area contributed by atoms with Crippen LogP contribution in [0.3, 0.4) is 0 Å². The summed E-state index contributed by atoms with van der Waals surface area (Å²) in [7, 11) is 0. The quantitative estimate of drug-likeness (QED) is 0.186. The highest BCUT2D eigenvalue weighted by atomic mass is 15.2. The number of hydrogen-bond donors (Lipinski definition) is 0. The molecule has 0 unspecified atom stereocenters. The molecule has 2 nitrogen and oxygen atoms in total. The van der Waals surface area contributed by atoms with Crippen LogP contribution in [0.15, 0.2) is 140 Å². The van der Waals surface area contributed by atoms with E-state index in [0.29, 0.717) is 0 Å². The molecule has 2 aliphatic heterocycles. The Balaban J connectivity index is 1.16. The van der Waals surface area contributed by atoms with Gasteiger partial charge in [0.15, 0.2) is 0 Å². The lowest BCUT2D eigenvalue weighted by Gasteiger charge is -2.44. The van der Waals surface area contributed by atoms with Crippen LogP contribution in [0.5, 0.6) is 0 Å². The summed E-state index contributed by atoms with van der Waals surface area (Å²) in [6.45, 7) is 0.169. The Bertz CT molecular complexity index is 2200. The van der Waals surface area contributed by atoms with Gasteiger partial charge in [-0.15, -0.1) is 0 Å². The largest absolute Gasteiger partial charge is 0.311 e. The molecule has 46 heavy (non-hydrogen) atoms. The van der Waals surface area contributed by atoms with E-state index in [9.17, 15) is 0 Å². The van der Waals surface area contributed by atoms with E-state index in [-0.39, 0.29) is 12.1 Å². The molecule has 0 amide bonds. The van der Waals surface area contributed by atoms with Crippen molar-refractivity contribution in [2.45, 2.75) is 31.1 Å². The fourth-order valence-electron chi connectivity index (χ4n) is 10.7. The molecule has 0 saturated heterocycles. The SMILES string of the molecule is c1ccc(N2c3ccccc3B3c4ccccc4N(c4ccc5c(c4)-c4ccccc4C54C5CCC4CC5)c4cccc2c43)cc1. The van der Waals surface area contributed by atoms with E-state index in [1.54, 1.807) is 11.1 Å². The minimum Gasteiger partial charge on any atom is -0.311 e. The highest BCUT2D eigenvalue weighted by Crippen LogP contribution is 2.68. The van der Waals surface area contributed by atoms with Crippen LogP contribution >= 0.6 is 0 Å². The summed E-state index contributed by atoms with van der Waals surface area (Å²) in [6, 6.07) is 52.8. The Kier molecular flexibility index (Phi) is 4.95. The molecular formula is C43H33BN2. The van der Waals surface area contributed by atoms with Crippen molar-refractivity contribution in [2.24, 2.45) is 11.8 Å². The molecular weight excluding hydrogens is 555 g/mol. The molecule has 2 bridgehead atoms. The molecule has 5 aliphatic rings. The van der Waals surface area contributed by atoms with Gasteiger partial charge in [-0.05, 0) is 125 Å². The van der Waals surface area contributed by atoms with Gasteiger partial charge in [0, 0.05) is 39.5 Å². The van der Waals surface area contributed by atoms with E-state index in [1.165, 1.54) is 87.3 Å². The average molecular weight is 589 g/mol. The van der Waals surface area contributed by atoms with E-state index in [0.717, 1.165) is 11.8 Å². The normalized spacial score (nSPS) is 22.4. The van der Waals surface area contributed by atoms with Crippen molar-refractivity contribution in [3.05, 3.63) is 151 Å². The Morgan fingerprint density at radius 3 is 1.70 bits per heavy atom. The summed E-state index contributed by atoms with van der Waals surface area (Å²) in [5, 5.41) is 0. The predicted molar refractivity (Wildman–Crippen MR) is 192 cm³/mol. The molecule has 3 heteroatoms. The van der Waals surface area contributed by atoms with Crippen LogP contribution in [-0.2, 0) is 5.41 Å². The van der Waals surface area contributed by atoms with E-state index in [4.69, 9.17) is 0 Å². The van der Waals surface area contributed by atoms with Crippen LogP contribution in [0.25, 0.3) is 11.1 Å². The molecule has 0 radical (unpaired) electrons. The van der Waals surface area contributed by atoms with Gasteiger partial charge in [0.25, 0.3) is 6.71 Å². The van der Waals surface area contributed by atoms with Crippen LogP contribution in [0.4, 0.5) is 34.1 Å². The monoisotopic (exact) mass is 588 g/mol. The van der Waals surface area contributed by atoms with Gasteiger partial charge < -0.3 is 9.80 Å². The molecule has 0 N–H and O–H groups in total. The highest BCUT2D eigenvalue weighted by molar-refractivity contribution is 7.00. The molecule has 1 spiro atoms. The van der Waals surface area contributed by atoms with Crippen molar-refractivity contribution < 1.29 is 0 Å². The number of para-hydroxylation sites is 3. The molecule has 6 aromatic carbocycles. The third-order valence-electron chi connectivity index (χ3n) is 12.2. The maximum absolute atomic E-state index is 2.55. The second-order valence-electron chi connectivity index (χ2n) is 14.0. The average Bonchev–Trinajstić information content (AvgIpc) is 3.77. The lowest BCUT2D eigenvalue weighted by atomic mass is 9.33. The van der Waals surface area contributed by atoms with Gasteiger partial charge in [-0.2, -0.15) is 0 Å². The van der Waals surface area contributed by atoms with Gasteiger partial charge >= 0.3 is 0 Å². The van der Waals surface area contributed by atoms with Gasteiger partial charge in [0.2, 0.25) is 0 Å².